The molecule has 0 spiro atoms. The summed E-state index contributed by atoms with van der Waals surface area (Å²) >= 11 is 0. The van der Waals surface area contributed by atoms with E-state index < -0.39 is 0 Å². The summed E-state index contributed by atoms with van der Waals surface area (Å²) < 4.78 is 15.0. The first-order valence-electron chi connectivity index (χ1n) is 5.17. The van der Waals surface area contributed by atoms with E-state index in [0.29, 0.717) is 6.54 Å². The fourth-order valence-electron chi connectivity index (χ4n) is 1.68. The van der Waals surface area contributed by atoms with Crippen LogP contribution in [0.15, 0.2) is 36.8 Å². The average molecular weight is 219 g/mol. The maximum atomic E-state index is 13.0. The Kier molecular flexibility index (Phi) is 3.31. The monoisotopic (exact) mass is 219 g/mol. The van der Waals surface area contributed by atoms with E-state index in [2.05, 4.69) is 14.9 Å². The molecule has 84 valence electrons. The van der Waals surface area contributed by atoms with Gasteiger partial charge >= 0.3 is 0 Å². The van der Waals surface area contributed by atoms with E-state index in [-0.39, 0.29) is 5.82 Å². The third kappa shape index (κ3) is 2.46. The molecule has 0 amide bonds. The van der Waals surface area contributed by atoms with Gasteiger partial charge in [0.05, 0.1) is 6.20 Å². The van der Waals surface area contributed by atoms with Gasteiger partial charge in [-0.15, -0.1) is 0 Å². The number of hydrogen-bond donors (Lipinski definition) is 1. The van der Waals surface area contributed by atoms with Crippen molar-refractivity contribution in [3.63, 3.8) is 0 Å². The summed E-state index contributed by atoms with van der Waals surface area (Å²) in [6.07, 6.45) is 4.89. The van der Waals surface area contributed by atoms with Gasteiger partial charge < -0.3 is 9.88 Å². The van der Waals surface area contributed by atoms with E-state index in [0.717, 1.165) is 12.1 Å². The fourth-order valence-corrected chi connectivity index (χ4v) is 1.68. The van der Waals surface area contributed by atoms with Crippen molar-refractivity contribution in [1.82, 2.24) is 14.9 Å². The van der Waals surface area contributed by atoms with Gasteiger partial charge in [0.15, 0.2) is 0 Å². The Morgan fingerprint density at radius 1 is 1.44 bits per heavy atom. The van der Waals surface area contributed by atoms with Crippen molar-refractivity contribution >= 4 is 0 Å². The van der Waals surface area contributed by atoms with Crippen LogP contribution in [0.2, 0.25) is 0 Å². The number of rotatable bonds is 4. The number of aromatic nitrogens is 2. The van der Waals surface area contributed by atoms with Crippen LogP contribution in [0.5, 0.6) is 0 Å². The standard InChI is InChI=1S/C12H14FN3/c1-14-8-12-3-2-4-16(12)9-10-5-11(13)7-15-6-10/h2-7,14H,8-9H2,1H3. The lowest BCUT2D eigenvalue weighted by molar-refractivity contribution is 0.614. The van der Waals surface area contributed by atoms with Gasteiger partial charge in [-0.05, 0) is 30.8 Å². The average Bonchev–Trinajstić information content (AvgIpc) is 2.66. The lowest BCUT2D eigenvalue weighted by Gasteiger charge is -2.08. The first-order chi connectivity index (χ1) is 7.79. The molecule has 0 aliphatic carbocycles. The highest BCUT2D eigenvalue weighted by Crippen LogP contribution is 2.08. The largest absolute Gasteiger partial charge is 0.346 e. The van der Waals surface area contributed by atoms with E-state index in [1.54, 1.807) is 6.20 Å². The Morgan fingerprint density at radius 3 is 3.06 bits per heavy atom. The second kappa shape index (κ2) is 4.90. The summed E-state index contributed by atoms with van der Waals surface area (Å²) in [7, 11) is 1.90. The molecule has 1 N–H and O–H groups in total. The van der Waals surface area contributed by atoms with Crippen LogP contribution >= 0.6 is 0 Å². The van der Waals surface area contributed by atoms with Crippen molar-refractivity contribution in [2.45, 2.75) is 13.1 Å². The fraction of sp³-hybridized carbons (Fsp3) is 0.250. The van der Waals surface area contributed by atoms with Gasteiger partial charge in [0.1, 0.15) is 5.82 Å². The smallest absolute Gasteiger partial charge is 0.141 e. The predicted octanol–water partition coefficient (Wildman–Crippen LogP) is 1.79. The highest BCUT2D eigenvalue weighted by atomic mass is 19.1. The molecule has 0 aliphatic rings. The summed E-state index contributed by atoms with van der Waals surface area (Å²) in [5.74, 6) is -0.292. The summed E-state index contributed by atoms with van der Waals surface area (Å²) in [4.78, 5) is 3.84. The van der Waals surface area contributed by atoms with Crippen LogP contribution < -0.4 is 5.32 Å². The molecule has 0 atom stereocenters. The van der Waals surface area contributed by atoms with Gasteiger partial charge in [0.2, 0.25) is 0 Å². The zero-order valence-electron chi connectivity index (χ0n) is 9.15. The van der Waals surface area contributed by atoms with Gasteiger partial charge in [-0.1, -0.05) is 0 Å². The van der Waals surface area contributed by atoms with E-state index in [1.165, 1.54) is 18.0 Å². The molecule has 16 heavy (non-hydrogen) atoms. The molecule has 0 fully saturated rings. The summed E-state index contributed by atoms with van der Waals surface area (Å²) in [5.41, 5.74) is 2.04. The lowest BCUT2D eigenvalue weighted by Crippen LogP contribution is -2.11. The summed E-state index contributed by atoms with van der Waals surface area (Å²) in [5, 5.41) is 3.10. The van der Waals surface area contributed by atoms with Crippen LogP contribution in [0.3, 0.4) is 0 Å². The molecule has 0 saturated carbocycles. The van der Waals surface area contributed by atoms with Crippen molar-refractivity contribution in [3.05, 3.63) is 53.9 Å². The van der Waals surface area contributed by atoms with E-state index >= 15 is 0 Å². The van der Waals surface area contributed by atoms with Crippen LogP contribution in [0.1, 0.15) is 11.3 Å². The molecule has 2 aromatic heterocycles. The SMILES string of the molecule is CNCc1cccn1Cc1cncc(F)c1. The number of nitrogens with one attached hydrogen (secondary N) is 1. The van der Waals surface area contributed by atoms with Crippen molar-refractivity contribution in [2.24, 2.45) is 0 Å². The zero-order valence-corrected chi connectivity index (χ0v) is 9.15. The normalized spacial score (nSPS) is 10.6. The molecular formula is C12H14FN3. The second-order valence-electron chi connectivity index (χ2n) is 3.67. The molecule has 0 aliphatic heterocycles. The molecule has 0 saturated heterocycles. The van der Waals surface area contributed by atoms with Crippen molar-refractivity contribution < 1.29 is 4.39 Å². The quantitative estimate of drug-likeness (QED) is 0.849. The third-order valence-corrected chi connectivity index (χ3v) is 2.40. The molecule has 3 nitrogen and oxygen atoms in total. The highest BCUT2D eigenvalue weighted by molar-refractivity contribution is 5.14. The number of halogens is 1. The third-order valence-electron chi connectivity index (χ3n) is 2.40. The molecule has 2 rings (SSSR count). The van der Waals surface area contributed by atoms with E-state index in [4.69, 9.17) is 0 Å². The van der Waals surface area contributed by atoms with Crippen LogP contribution in [0, 0.1) is 5.82 Å². The molecule has 0 radical (unpaired) electrons. The molecule has 0 bridgehead atoms. The maximum absolute atomic E-state index is 13.0. The van der Waals surface area contributed by atoms with Gasteiger partial charge in [0, 0.05) is 31.2 Å². The zero-order chi connectivity index (χ0) is 11.4. The minimum Gasteiger partial charge on any atom is -0.346 e. The Balaban J connectivity index is 2.17. The van der Waals surface area contributed by atoms with Crippen LogP contribution in [0.25, 0.3) is 0 Å². The van der Waals surface area contributed by atoms with Crippen molar-refractivity contribution in [3.8, 4) is 0 Å². The minimum atomic E-state index is -0.292. The van der Waals surface area contributed by atoms with Gasteiger partial charge in [-0.2, -0.15) is 0 Å². The number of nitrogens with zero attached hydrogens (tertiary/aromatic N) is 2. The Morgan fingerprint density at radius 2 is 2.31 bits per heavy atom. The van der Waals surface area contributed by atoms with Gasteiger partial charge in [-0.25, -0.2) is 4.39 Å². The van der Waals surface area contributed by atoms with Crippen LogP contribution in [0.4, 0.5) is 4.39 Å². The highest BCUT2D eigenvalue weighted by Gasteiger charge is 2.02. The Labute approximate surface area is 93.9 Å². The minimum absolute atomic E-state index is 0.292. The predicted molar refractivity (Wildman–Crippen MR) is 60.5 cm³/mol. The van der Waals surface area contributed by atoms with E-state index in [9.17, 15) is 4.39 Å². The first kappa shape index (κ1) is 10.8. The van der Waals surface area contributed by atoms with Gasteiger partial charge in [0.25, 0.3) is 0 Å². The van der Waals surface area contributed by atoms with Crippen LogP contribution in [-0.4, -0.2) is 16.6 Å². The van der Waals surface area contributed by atoms with Crippen LogP contribution in [-0.2, 0) is 13.1 Å². The molecule has 0 unspecified atom stereocenters. The first-order valence-corrected chi connectivity index (χ1v) is 5.17. The topological polar surface area (TPSA) is 29.9 Å². The molecular weight excluding hydrogens is 205 g/mol. The number of pyridine rings is 1. The lowest BCUT2D eigenvalue weighted by atomic mass is 10.3. The molecule has 2 heterocycles. The summed E-state index contributed by atoms with van der Waals surface area (Å²) in [6.45, 7) is 1.45. The van der Waals surface area contributed by atoms with Crippen molar-refractivity contribution in [2.75, 3.05) is 7.05 Å². The van der Waals surface area contributed by atoms with Gasteiger partial charge in [-0.3, -0.25) is 4.98 Å². The second-order valence-corrected chi connectivity index (χ2v) is 3.67. The Bertz CT molecular complexity index is 465. The Hall–Kier alpha value is -1.68. The van der Waals surface area contributed by atoms with Crippen molar-refractivity contribution in [1.29, 1.82) is 0 Å². The molecule has 4 heteroatoms. The van der Waals surface area contributed by atoms with E-state index in [1.807, 2.05) is 25.4 Å². The maximum Gasteiger partial charge on any atom is 0.141 e. The summed E-state index contributed by atoms with van der Waals surface area (Å²) in [6, 6.07) is 5.54. The number of hydrogen-bond acceptors (Lipinski definition) is 2. The molecule has 2 aromatic rings. The molecule has 0 aromatic carbocycles.